The minimum atomic E-state index is -0.0589. The molecule has 2 heterocycles. The molecule has 1 amide bonds. The predicted molar refractivity (Wildman–Crippen MR) is 67.3 cm³/mol. The van der Waals surface area contributed by atoms with Crippen molar-refractivity contribution in [2.45, 2.75) is 38.8 Å². The summed E-state index contributed by atoms with van der Waals surface area (Å²) in [5.41, 5.74) is 0. The molecular formula is C12H20N4O3. The molecular weight excluding hydrogens is 248 g/mol. The minimum absolute atomic E-state index is 0.0589. The van der Waals surface area contributed by atoms with Crippen LogP contribution in [0.5, 0.6) is 0 Å². The molecule has 1 aromatic heterocycles. The molecule has 7 nitrogen and oxygen atoms in total. The Morgan fingerprint density at radius 1 is 1.53 bits per heavy atom. The third-order valence-electron chi connectivity index (χ3n) is 2.98. The van der Waals surface area contributed by atoms with E-state index >= 15 is 0 Å². The molecule has 0 bridgehead atoms. The van der Waals surface area contributed by atoms with Crippen LogP contribution in [-0.4, -0.2) is 41.8 Å². The highest BCUT2D eigenvalue weighted by Gasteiger charge is 2.13. The van der Waals surface area contributed by atoms with Crippen LogP contribution in [0.25, 0.3) is 0 Å². The van der Waals surface area contributed by atoms with E-state index in [2.05, 4.69) is 20.8 Å². The number of carbonyl (C=O) groups excluding carboxylic acids is 1. The number of rotatable bonds is 6. The van der Waals surface area contributed by atoms with Crippen LogP contribution in [0.2, 0.25) is 0 Å². The van der Waals surface area contributed by atoms with E-state index in [4.69, 9.17) is 9.26 Å². The van der Waals surface area contributed by atoms with Gasteiger partial charge in [0.1, 0.15) is 0 Å². The van der Waals surface area contributed by atoms with Gasteiger partial charge in [-0.3, -0.25) is 4.79 Å². The molecule has 7 heteroatoms. The summed E-state index contributed by atoms with van der Waals surface area (Å²) >= 11 is 0. The van der Waals surface area contributed by atoms with Crippen LogP contribution in [0.3, 0.4) is 0 Å². The molecule has 1 saturated heterocycles. The van der Waals surface area contributed by atoms with Gasteiger partial charge in [-0.15, -0.1) is 0 Å². The number of carbonyl (C=O) groups is 1. The Hall–Kier alpha value is -1.47. The highest BCUT2D eigenvalue weighted by Crippen LogP contribution is 2.07. The lowest BCUT2D eigenvalue weighted by molar-refractivity contribution is -0.122. The van der Waals surface area contributed by atoms with Gasteiger partial charge in [0, 0.05) is 13.3 Å². The van der Waals surface area contributed by atoms with Crippen molar-refractivity contribution in [1.29, 1.82) is 0 Å². The van der Waals surface area contributed by atoms with Crippen LogP contribution in [0, 0.1) is 6.92 Å². The van der Waals surface area contributed by atoms with E-state index in [9.17, 15) is 4.79 Å². The first-order valence-electron chi connectivity index (χ1n) is 6.62. The maximum Gasteiger partial charge on any atom is 0.223 e. The van der Waals surface area contributed by atoms with Crippen molar-refractivity contribution < 1.29 is 14.1 Å². The van der Waals surface area contributed by atoms with Gasteiger partial charge < -0.3 is 19.9 Å². The van der Waals surface area contributed by atoms with Crippen molar-refractivity contribution in [3.63, 3.8) is 0 Å². The lowest BCUT2D eigenvalue weighted by atomic mass is 10.1. The molecule has 0 radical (unpaired) electrons. The monoisotopic (exact) mass is 268 g/mol. The number of piperidine rings is 1. The zero-order valence-electron chi connectivity index (χ0n) is 11.1. The first kappa shape index (κ1) is 14.0. The summed E-state index contributed by atoms with van der Waals surface area (Å²) in [5, 5.41) is 9.71. The summed E-state index contributed by atoms with van der Waals surface area (Å²) < 4.78 is 10.5. The number of aromatic nitrogens is 2. The number of nitrogens with zero attached hydrogens (tertiary/aromatic N) is 2. The molecule has 0 atom stereocenters. The van der Waals surface area contributed by atoms with E-state index in [0.717, 1.165) is 25.9 Å². The van der Waals surface area contributed by atoms with Crippen molar-refractivity contribution in [3.8, 4) is 0 Å². The van der Waals surface area contributed by atoms with Crippen LogP contribution in [0.1, 0.15) is 31.0 Å². The highest BCUT2D eigenvalue weighted by molar-refractivity contribution is 5.75. The second kappa shape index (κ2) is 7.20. The van der Waals surface area contributed by atoms with E-state index in [0.29, 0.717) is 31.3 Å². The molecule has 0 spiro atoms. The third kappa shape index (κ3) is 4.96. The van der Waals surface area contributed by atoms with Crippen molar-refractivity contribution >= 4 is 5.91 Å². The minimum Gasteiger partial charge on any atom is -0.378 e. The van der Waals surface area contributed by atoms with Crippen molar-refractivity contribution in [3.05, 3.63) is 11.7 Å². The van der Waals surface area contributed by atoms with Gasteiger partial charge >= 0.3 is 0 Å². The highest BCUT2D eigenvalue weighted by atomic mass is 16.5. The van der Waals surface area contributed by atoms with E-state index in [1.54, 1.807) is 6.92 Å². The molecule has 0 unspecified atom stereocenters. The Kier molecular flexibility index (Phi) is 5.29. The molecule has 2 rings (SSSR count). The van der Waals surface area contributed by atoms with Gasteiger partial charge in [-0.05, 0) is 25.9 Å². The first-order valence-corrected chi connectivity index (χ1v) is 6.62. The van der Waals surface area contributed by atoms with Gasteiger partial charge in [-0.2, -0.15) is 4.98 Å². The summed E-state index contributed by atoms with van der Waals surface area (Å²) in [6.45, 7) is 4.46. The molecule has 1 fully saturated rings. The van der Waals surface area contributed by atoms with Crippen LogP contribution < -0.4 is 10.6 Å². The number of hydrogen-bond donors (Lipinski definition) is 2. The Morgan fingerprint density at radius 2 is 2.32 bits per heavy atom. The molecule has 19 heavy (non-hydrogen) atoms. The Balaban J connectivity index is 1.56. The SMILES string of the molecule is Cc1nc(CNC(=O)CCOC2CCNCC2)no1. The first-order chi connectivity index (χ1) is 9.24. The van der Waals surface area contributed by atoms with Gasteiger partial charge in [-0.1, -0.05) is 5.16 Å². The van der Waals surface area contributed by atoms with E-state index in [1.807, 2.05) is 0 Å². The normalized spacial score (nSPS) is 16.5. The number of hydrogen-bond acceptors (Lipinski definition) is 6. The number of amides is 1. The van der Waals surface area contributed by atoms with Gasteiger partial charge in [0.05, 0.1) is 19.3 Å². The maximum atomic E-state index is 11.6. The maximum absolute atomic E-state index is 11.6. The van der Waals surface area contributed by atoms with E-state index in [-0.39, 0.29) is 12.0 Å². The van der Waals surface area contributed by atoms with Gasteiger partial charge in [0.25, 0.3) is 0 Å². The predicted octanol–water partition coefficient (Wildman–Crippen LogP) is 0.153. The van der Waals surface area contributed by atoms with Crippen LogP contribution >= 0.6 is 0 Å². The second-order valence-electron chi connectivity index (χ2n) is 4.58. The average Bonchev–Trinajstić information content (AvgIpc) is 2.83. The zero-order chi connectivity index (χ0) is 13.5. The number of ether oxygens (including phenoxy) is 1. The fourth-order valence-electron chi connectivity index (χ4n) is 1.96. The van der Waals surface area contributed by atoms with E-state index < -0.39 is 0 Å². The average molecular weight is 268 g/mol. The number of aryl methyl sites for hydroxylation is 1. The summed E-state index contributed by atoms with van der Waals surface area (Å²) in [5.74, 6) is 0.931. The van der Waals surface area contributed by atoms with Crippen molar-refractivity contribution in [1.82, 2.24) is 20.8 Å². The smallest absolute Gasteiger partial charge is 0.223 e. The Labute approximate surface area is 112 Å². The fourth-order valence-corrected chi connectivity index (χ4v) is 1.96. The van der Waals surface area contributed by atoms with Crippen LogP contribution in [0.4, 0.5) is 0 Å². The topological polar surface area (TPSA) is 89.3 Å². The summed E-state index contributed by atoms with van der Waals surface area (Å²) in [7, 11) is 0. The molecule has 1 aliphatic heterocycles. The van der Waals surface area contributed by atoms with Gasteiger partial charge in [0.2, 0.25) is 11.8 Å². The largest absolute Gasteiger partial charge is 0.378 e. The Bertz CT molecular complexity index is 401. The van der Waals surface area contributed by atoms with Crippen molar-refractivity contribution in [2.75, 3.05) is 19.7 Å². The summed E-state index contributed by atoms with van der Waals surface area (Å²) in [6.07, 6.45) is 2.68. The Morgan fingerprint density at radius 3 is 3.00 bits per heavy atom. The van der Waals surface area contributed by atoms with Crippen molar-refractivity contribution in [2.24, 2.45) is 0 Å². The van der Waals surface area contributed by atoms with Gasteiger partial charge in [0.15, 0.2) is 5.82 Å². The molecule has 106 valence electrons. The van der Waals surface area contributed by atoms with E-state index in [1.165, 1.54) is 0 Å². The third-order valence-corrected chi connectivity index (χ3v) is 2.98. The summed E-state index contributed by atoms with van der Waals surface area (Å²) in [4.78, 5) is 15.6. The molecule has 1 aromatic rings. The number of nitrogens with one attached hydrogen (secondary N) is 2. The summed E-state index contributed by atoms with van der Waals surface area (Å²) in [6, 6.07) is 0. The molecule has 2 N–H and O–H groups in total. The second-order valence-corrected chi connectivity index (χ2v) is 4.58. The lowest BCUT2D eigenvalue weighted by Gasteiger charge is -2.22. The van der Waals surface area contributed by atoms with Gasteiger partial charge in [-0.25, -0.2) is 0 Å². The molecule has 0 saturated carbocycles. The fraction of sp³-hybridized carbons (Fsp3) is 0.750. The van der Waals surface area contributed by atoms with Crippen LogP contribution in [0.15, 0.2) is 4.52 Å². The molecule has 0 aromatic carbocycles. The zero-order valence-corrected chi connectivity index (χ0v) is 11.1. The quantitative estimate of drug-likeness (QED) is 0.763. The van der Waals surface area contributed by atoms with Crippen LogP contribution in [-0.2, 0) is 16.1 Å². The standard InChI is InChI=1S/C12H20N4O3/c1-9-15-11(16-19-9)8-14-12(17)4-7-18-10-2-5-13-6-3-10/h10,13H,2-8H2,1H3,(H,14,17). The molecule has 1 aliphatic rings. The lowest BCUT2D eigenvalue weighted by Crippen LogP contribution is -2.33. The molecule has 0 aliphatic carbocycles.